The number of hydrogen-bond acceptors (Lipinski definition) is 2. The average molecular weight is 432 g/mol. The number of carbonyl (C=O) groups excluding carboxylic acids is 1. The molecule has 32 heavy (non-hydrogen) atoms. The van der Waals surface area contributed by atoms with E-state index in [-0.39, 0.29) is 0 Å². The van der Waals surface area contributed by atoms with Crippen molar-refractivity contribution in [2.45, 2.75) is 69.9 Å². The molecule has 1 aromatic heterocycles. The van der Waals surface area contributed by atoms with E-state index in [0.29, 0.717) is 24.3 Å². The molecule has 4 heteroatoms. The Bertz CT molecular complexity index is 1040. The Morgan fingerprint density at radius 3 is 2.97 bits per heavy atom. The lowest BCUT2D eigenvalue weighted by atomic mass is 9.68. The molecule has 6 rings (SSSR count). The molecular formula is C28H37N3O. The van der Waals surface area contributed by atoms with Crippen molar-refractivity contribution in [1.29, 1.82) is 0 Å². The van der Waals surface area contributed by atoms with Crippen molar-refractivity contribution in [1.82, 2.24) is 14.4 Å². The van der Waals surface area contributed by atoms with E-state index in [1.54, 1.807) is 5.57 Å². The van der Waals surface area contributed by atoms with Crippen LogP contribution in [0.4, 0.5) is 0 Å². The molecule has 4 heterocycles. The first kappa shape index (κ1) is 20.5. The third-order valence-electron chi connectivity index (χ3n) is 8.79. The number of aryl methyl sites for hydroxylation is 2. The zero-order valence-electron chi connectivity index (χ0n) is 19.5. The van der Waals surface area contributed by atoms with Crippen LogP contribution >= 0.6 is 0 Å². The fourth-order valence-corrected chi connectivity index (χ4v) is 7.45. The first-order valence-electron chi connectivity index (χ1n) is 13.0. The van der Waals surface area contributed by atoms with Gasteiger partial charge < -0.3 is 9.47 Å². The lowest BCUT2D eigenvalue weighted by molar-refractivity contribution is -0.136. The second kappa shape index (κ2) is 8.37. The molecule has 3 aliphatic heterocycles. The highest BCUT2D eigenvalue weighted by Gasteiger charge is 2.46. The summed E-state index contributed by atoms with van der Waals surface area (Å²) in [6.45, 7) is 3.44. The van der Waals surface area contributed by atoms with Gasteiger partial charge in [-0.05, 0) is 75.0 Å². The van der Waals surface area contributed by atoms with Gasteiger partial charge in [0.1, 0.15) is 0 Å². The third-order valence-corrected chi connectivity index (χ3v) is 8.79. The number of likely N-dealkylation sites (tertiary alicyclic amines) is 1. The van der Waals surface area contributed by atoms with Crippen LogP contribution in [-0.2, 0) is 18.3 Å². The first-order valence-corrected chi connectivity index (χ1v) is 13.0. The Hall–Kier alpha value is -2.07. The van der Waals surface area contributed by atoms with Gasteiger partial charge in [-0.1, -0.05) is 36.3 Å². The molecule has 1 aliphatic carbocycles. The number of carbonyl (C=O) groups is 1. The van der Waals surface area contributed by atoms with Crippen molar-refractivity contribution in [2.24, 2.45) is 18.9 Å². The van der Waals surface area contributed by atoms with Crippen molar-refractivity contribution in [3.63, 3.8) is 0 Å². The van der Waals surface area contributed by atoms with Gasteiger partial charge in [0.2, 0.25) is 5.91 Å². The van der Waals surface area contributed by atoms with Gasteiger partial charge in [0.15, 0.2) is 0 Å². The molecule has 0 radical (unpaired) electrons. The molecule has 170 valence electrons. The summed E-state index contributed by atoms with van der Waals surface area (Å²) in [4.78, 5) is 18.5. The van der Waals surface area contributed by atoms with Crippen LogP contribution in [0.2, 0.25) is 0 Å². The molecule has 1 amide bonds. The van der Waals surface area contributed by atoms with Crippen LogP contribution < -0.4 is 0 Å². The number of amides is 1. The van der Waals surface area contributed by atoms with E-state index < -0.39 is 0 Å². The molecular weight excluding hydrogens is 394 g/mol. The maximum absolute atomic E-state index is 13.4. The summed E-state index contributed by atoms with van der Waals surface area (Å²) in [7, 11) is 2.12. The van der Waals surface area contributed by atoms with Crippen LogP contribution in [0.5, 0.6) is 0 Å². The van der Waals surface area contributed by atoms with E-state index in [1.807, 2.05) is 0 Å². The van der Waals surface area contributed by atoms with E-state index >= 15 is 0 Å². The van der Waals surface area contributed by atoms with Gasteiger partial charge in [-0.25, -0.2) is 0 Å². The van der Waals surface area contributed by atoms with E-state index in [0.717, 1.165) is 37.8 Å². The monoisotopic (exact) mass is 431 g/mol. The quantitative estimate of drug-likeness (QED) is 0.643. The summed E-state index contributed by atoms with van der Waals surface area (Å²) in [5, 5.41) is 1.34. The van der Waals surface area contributed by atoms with Gasteiger partial charge >= 0.3 is 0 Å². The molecule has 4 nitrogen and oxygen atoms in total. The molecule has 3 fully saturated rings. The summed E-state index contributed by atoms with van der Waals surface area (Å²) in [5.41, 5.74) is 4.26. The highest BCUT2D eigenvalue weighted by molar-refractivity contribution is 5.84. The highest BCUT2D eigenvalue weighted by Crippen LogP contribution is 2.45. The van der Waals surface area contributed by atoms with Crippen LogP contribution in [-0.4, -0.2) is 52.0 Å². The minimum atomic E-state index is 0.382. The number of fused-ring (bicyclic) bond motifs is 7. The van der Waals surface area contributed by atoms with Gasteiger partial charge in [-0.3, -0.25) is 9.69 Å². The molecule has 2 aromatic rings. The average Bonchev–Trinajstić information content (AvgIpc) is 3.14. The lowest BCUT2D eigenvalue weighted by Gasteiger charge is -2.54. The lowest BCUT2D eigenvalue weighted by Crippen LogP contribution is -2.60. The Morgan fingerprint density at radius 2 is 2.03 bits per heavy atom. The maximum atomic E-state index is 13.4. The van der Waals surface area contributed by atoms with Gasteiger partial charge in [-0.2, -0.15) is 0 Å². The van der Waals surface area contributed by atoms with Gasteiger partial charge in [0.05, 0.1) is 6.04 Å². The predicted molar refractivity (Wildman–Crippen MR) is 129 cm³/mol. The van der Waals surface area contributed by atoms with Gasteiger partial charge in [-0.15, -0.1) is 0 Å². The second-order valence-corrected chi connectivity index (χ2v) is 10.7. The smallest absolute Gasteiger partial charge is 0.223 e. The number of benzene rings is 1. The van der Waals surface area contributed by atoms with E-state index in [9.17, 15) is 4.79 Å². The minimum absolute atomic E-state index is 0.382. The third kappa shape index (κ3) is 3.51. The van der Waals surface area contributed by atoms with Crippen LogP contribution in [0, 0.1) is 11.8 Å². The standard InChI is InChI=1S/C28H37N3O/c1-29-18-21(24-10-2-3-12-26(24)29)8-6-13-27(32)31-15-7-9-20-16-22-17-23(28(20)31)19-30-14-5-4-11-25(22)30/h2-3,10,12,16,18,22-23,25,28H,4-9,11,13-15,17,19H2,1H3/t22-,23?,25?,28?/m0/s1. The van der Waals surface area contributed by atoms with Crippen molar-refractivity contribution >= 4 is 16.8 Å². The van der Waals surface area contributed by atoms with Crippen LogP contribution in [0.1, 0.15) is 56.9 Å². The number of piperidine rings is 3. The number of nitrogens with zero attached hydrogens (tertiary/aromatic N) is 3. The number of rotatable bonds is 4. The Balaban J connectivity index is 1.14. The van der Waals surface area contributed by atoms with E-state index in [1.165, 1.54) is 61.7 Å². The van der Waals surface area contributed by atoms with Crippen LogP contribution in [0.3, 0.4) is 0 Å². The molecule has 3 saturated heterocycles. The molecule has 4 aliphatic rings. The molecule has 0 saturated carbocycles. The first-order chi connectivity index (χ1) is 15.7. The van der Waals surface area contributed by atoms with Crippen LogP contribution in [0.25, 0.3) is 10.9 Å². The molecule has 4 atom stereocenters. The van der Waals surface area contributed by atoms with Gasteiger partial charge in [0.25, 0.3) is 0 Å². The number of aromatic nitrogens is 1. The zero-order chi connectivity index (χ0) is 21.7. The minimum Gasteiger partial charge on any atom is -0.350 e. The normalized spacial score (nSPS) is 30.0. The molecule has 1 aromatic carbocycles. The summed E-state index contributed by atoms with van der Waals surface area (Å²) in [5.74, 6) is 1.78. The zero-order valence-corrected chi connectivity index (χ0v) is 19.5. The van der Waals surface area contributed by atoms with Crippen molar-refractivity contribution in [2.75, 3.05) is 19.6 Å². The fraction of sp³-hybridized carbons (Fsp3) is 0.607. The summed E-state index contributed by atoms with van der Waals surface area (Å²) in [6, 6.07) is 9.77. The predicted octanol–water partition coefficient (Wildman–Crippen LogP) is 4.92. The SMILES string of the molecule is Cn1cc(CCCC(=O)N2CCCC3=C[C@H]4CC(CN5CCCCC45)C32)c2ccccc21. The summed E-state index contributed by atoms with van der Waals surface area (Å²) < 4.78 is 2.21. The van der Waals surface area contributed by atoms with Crippen LogP contribution in [0.15, 0.2) is 42.1 Å². The number of hydrogen-bond donors (Lipinski definition) is 0. The summed E-state index contributed by atoms with van der Waals surface area (Å²) >= 11 is 0. The fourth-order valence-electron chi connectivity index (χ4n) is 7.45. The Kier molecular flexibility index (Phi) is 5.37. The Morgan fingerprint density at radius 1 is 1.12 bits per heavy atom. The number of para-hydroxylation sites is 1. The summed E-state index contributed by atoms with van der Waals surface area (Å²) in [6.07, 6.45) is 15.3. The van der Waals surface area contributed by atoms with E-state index in [4.69, 9.17) is 0 Å². The van der Waals surface area contributed by atoms with Crippen molar-refractivity contribution in [3.8, 4) is 0 Å². The molecule has 2 bridgehead atoms. The largest absolute Gasteiger partial charge is 0.350 e. The van der Waals surface area contributed by atoms with Crippen molar-refractivity contribution in [3.05, 3.63) is 47.7 Å². The van der Waals surface area contributed by atoms with Crippen molar-refractivity contribution < 1.29 is 4.79 Å². The second-order valence-electron chi connectivity index (χ2n) is 10.7. The molecule has 0 N–H and O–H groups in total. The molecule has 0 spiro atoms. The topological polar surface area (TPSA) is 28.5 Å². The van der Waals surface area contributed by atoms with Gasteiger partial charge in [0, 0.05) is 49.7 Å². The molecule has 3 unspecified atom stereocenters. The Labute approximate surface area is 192 Å². The highest BCUT2D eigenvalue weighted by atomic mass is 16.2. The van der Waals surface area contributed by atoms with E-state index in [2.05, 4.69) is 58.0 Å². The maximum Gasteiger partial charge on any atom is 0.223 e.